The van der Waals surface area contributed by atoms with Crippen molar-refractivity contribution in [3.63, 3.8) is 0 Å². The van der Waals surface area contributed by atoms with Gasteiger partial charge in [-0.2, -0.15) is 13.2 Å². The van der Waals surface area contributed by atoms with Crippen molar-refractivity contribution in [2.75, 3.05) is 6.54 Å². The van der Waals surface area contributed by atoms with Gasteiger partial charge in [0.05, 0.1) is 6.54 Å². The zero-order valence-corrected chi connectivity index (χ0v) is 5.35. The topological polar surface area (TPSA) is 46.3 Å². The van der Waals surface area contributed by atoms with Gasteiger partial charge in [-0.15, -0.1) is 6.42 Å². The molecule has 0 bridgehead atoms. The van der Waals surface area contributed by atoms with E-state index in [4.69, 9.17) is 0 Å². The van der Waals surface area contributed by atoms with Gasteiger partial charge < -0.3 is 0 Å². The Balaban J connectivity index is 4.17. The number of carbonyl (C=O) groups excluding carboxylic acids is 1. The molecular formula is C5H5F3N2O. The molecule has 0 aliphatic rings. The molecular weight excluding hydrogens is 161 g/mol. The lowest BCUT2D eigenvalue weighted by molar-refractivity contribution is -0.185. The molecule has 0 heterocycles. The fourth-order valence-corrected chi connectivity index (χ4v) is 0.333. The van der Waals surface area contributed by atoms with Gasteiger partial charge in [0.15, 0.2) is 0 Å². The highest BCUT2D eigenvalue weighted by molar-refractivity contribution is 5.81. The molecule has 0 saturated heterocycles. The maximum absolute atomic E-state index is 11.5. The van der Waals surface area contributed by atoms with E-state index in [1.165, 1.54) is 0 Å². The van der Waals surface area contributed by atoms with E-state index < -0.39 is 18.6 Å². The number of hydrogen-bond donors (Lipinski definition) is 1. The van der Waals surface area contributed by atoms with Gasteiger partial charge >= 0.3 is 12.1 Å². The Hall–Kier alpha value is -1.22. The monoisotopic (exact) mass is 166 g/mol. The summed E-state index contributed by atoms with van der Waals surface area (Å²) >= 11 is 0. The normalized spacial score (nSPS) is 10.5. The van der Waals surface area contributed by atoms with Crippen molar-refractivity contribution in [3.05, 3.63) is 0 Å². The van der Waals surface area contributed by atoms with Gasteiger partial charge in [0.25, 0.3) is 0 Å². The van der Waals surface area contributed by atoms with Crippen LogP contribution in [0.3, 0.4) is 0 Å². The molecule has 0 fully saturated rings. The maximum atomic E-state index is 11.5. The average Bonchev–Trinajstić information content (AvgIpc) is 1.85. The van der Waals surface area contributed by atoms with E-state index in [1.807, 2.05) is 0 Å². The molecule has 11 heavy (non-hydrogen) atoms. The molecule has 1 amide bonds. The van der Waals surface area contributed by atoms with Crippen LogP contribution in [0.2, 0.25) is 0 Å². The third kappa shape index (κ3) is 2.91. The first-order valence-corrected chi connectivity index (χ1v) is 2.46. The SMILES string of the molecule is C#CCN(N)C(=O)C(F)(F)F. The molecule has 6 heteroatoms. The van der Waals surface area contributed by atoms with Crippen LogP contribution in [0.25, 0.3) is 0 Å². The van der Waals surface area contributed by atoms with Gasteiger partial charge in [-0.3, -0.25) is 9.80 Å². The van der Waals surface area contributed by atoms with Gasteiger partial charge in [-0.1, -0.05) is 5.92 Å². The fraction of sp³-hybridized carbons (Fsp3) is 0.400. The molecule has 0 rings (SSSR count). The third-order valence-corrected chi connectivity index (χ3v) is 0.765. The average molecular weight is 166 g/mol. The van der Waals surface area contributed by atoms with Crippen molar-refractivity contribution in [3.8, 4) is 12.3 Å². The van der Waals surface area contributed by atoms with E-state index in [1.54, 1.807) is 5.92 Å². The quantitative estimate of drug-likeness (QED) is 0.255. The molecule has 0 unspecified atom stereocenters. The summed E-state index contributed by atoms with van der Waals surface area (Å²) in [7, 11) is 0. The third-order valence-electron chi connectivity index (χ3n) is 0.765. The van der Waals surface area contributed by atoms with Crippen LogP contribution in [0.1, 0.15) is 0 Å². The minimum atomic E-state index is -4.95. The minimum absolute atomic E-state index is 0.0694. The van der Waals surface area contributed by atoms with Gasteiger partial charge in [0.1, 0.15) is 0 Å². The summed E-state index contributed by atoms with van der Waals surface area (Å²) in [6.45, 7) is -0.557. The Kier molecular flexibility index (Phi) is 2.89. The summed E-state index contributed by atoms with van der Waals surface area (Å²) in [4.78, 5) is 10.1. The maximum Gasteiger partial charge on any atom is 0.472 e. The van der Waals surface area contributed by atoms with Crippen molar-refractivity contribution in [1.29, 1.82) is 0 Å². The number of carbonyl (C=O) groups is 1. The van der Waals surface area contributed by atoms with Crippen LogP contribution in [0.4, 0.5) is 13.2 Å². The Bertz CT molecular complexity index is 193. The number of amides is 1. The minimum Gasteiger partial charge on any atom is -0.263 e. The van der Waals surface area contributed by atoms with Crippen LogP contribution < -0.4 is 5.84 Å². The summed E-state index contributed by atoms with van der Waals surface area (Å²) in [6.07, 6.45) is -0.334. The number of nitrogens with zero attached hydrogens (tertiary/aromatic N) is 1. The Morgan fingerprint density at radius 2 is 2.09 bits per heavy atom. The number of terminal acetylenes is 1. The van der Waals surface area contributed by atoms with Gasteiger partial charge in [0, 0.05) is 0 Å². The number of hydrazine groups is 1. The van der Waals surface area contributed by atoms with E-state index in [0.29, 0.717) is 0 Å². The Morgan fingerprint density at radius 1 is 1.64 bits per heavy atom. The van der Waals surface area contributed by atoms with Gasteiger partial charge in [-0.05, 0) is 0 Å². The first-order valence-electron chi connectivity index (χ1n) is 2.46. The molecule has 0 saturated carbocycles. The second-order valence-electron chi connectivity index (χ2n) is 1.63. The molecule has 0 aromatic rings. The molecule has 3 nitrogen and oxygen atoms in total. The first kappa shape index (κ1) is 9.78. The molecule has 0 aliphatic carbocycles. The lowest BCUT2D eigenvalue weighted by Crippen LogP contribution is -2.45. The number of alkyl halides is 3. The molecule has 0 aromatic heterocycles. The number of hydrogen-bond acceptors (Lipinski definition) is 2. The highest BCUT2D eigenvalue weighted by Crippen LogP contribution is 2.16. The lowest BCUT2D eigenvalue weighted by Gasteiger charge is -2.14. The molecule has 0 radical (unpaired) electrons. The summed E-state index contributed by atoms with van der Waals surface area (Å²) in [5.74, 6) is 4.29. The van der Waals surface area contributed by atoms with Crippen molar-refractivity contribution in [2.45, 2.75) is 6.18 Å². The largest absolute Gasteiger partial charge is 0.472 e. The molecule has 62 valence electrons. The molecule has 2 N–H and O–H groups in total. The van der Waals surface area contributed by atoms with E-state index >= 15 is 0 Å². The van der Waals surface area contributed by atoms with Gasteiger partial charge in [-0.25, -0.2) is 5.84 Å². The predicted molar refractivity (Wildman–Crippen MR) is 30.8 cm³/mol. The van der Waals surface area contributed by atoms with E-state index in [9.17, 15) is 18.0 Å². The zero-order chi connectivity index (χ0) is 9.07. The van der Waals surface area contributed by atoms with Crippen LogP contribution in [0.5, 0.6) is 0 Å². The molecule has 0 aromatic carbocycles. The van der Waals surface area contributed by atoms with Crippen LogP contribution in [-0.4, -0.2) is 23.6 Å². The van der Waals surface area contributed by atoms with Gasteiger partial charge in [0.2, 0.25) is 0 Å². The summed E-state index contributed by atoms with van der Waals surface area (Å²) in [6, 6.07) is 0. The van der Waals surface area contributed by atoms with Crippen molar-refractivity contribution in [1.82, 2.24) is 5.01 Å². The van der Waals surface area contributed by atoms with Crippen LogP contribution in [0.15, 0.2) is 0 Å². The van der Waals surface area contributed by atoms with E-state index in [2.05, 4.69) is 12.3 Å². The summed E-state index contributed by atoms with van der Waals surface area (Å²) in [5.41, 5.74) is 0. The lowest BCUT2D eigenvalue weighted by atomic mass is 10.5. The molecule has 0 spiro atoms. The van der Waals surface area contributed by atoms with Crippen molar-refractivity contribution in [2.24, 2.45) is 5.84 Å². The van der Waals surface area contributed by atoms with Crippen LogP contribution >= 0.6 is 0 Å². The fourth-order valence-electron chi connectivity index (χ4n) is 0.333. The molecule has 0 atom stereocenters. The number of rotatable bonds is 1. The van der Waals surface area contributed by atoms with Crippen LogP contribution in [0, 0.1) is 12.3 Å². The van der Waals surface area contributed by atoms with E-state index in [0.717, 1.165) is 0 Å². The predicted octanol–water partition coefficient (Wildman–Crippen LogP) is -0.116. The summed E-state index contributed by atoms with van der Waals surface area (Å²) < 4.78 is 34.4. The van der Waals surface area contributed by atoms with E-state index in [-0.39, 0.29) is 5.01 Å². The highest BCUT2D eigenvalue weighted by Gasteiger charge is 2.41. The first-order chi connectivity index (χ1) is 4.89. The molecule has 0 aliphatic heterocycles. The number of halogens is 3. The second kappa shape index (κ2) is 3.25. The number of nitrogens with two attached hydrogens (primary N) is 1. The Morgan fingerprint density at radius 3 is 2.36 bits per heavy atom. The smallest absolute Gasteiger partial charge is 0.263 e. The highest BCUT2D eigenvalue weighted by atomic mass is 19.4. The van der Waals surface area contributed by atoms with Crippen LogP contribution in [-0.2, 0) is 4.79 Å². The zero-order valence-electron chi connectivity index (χ0n) is 5.35. The van der Waals surface area contributed by atoms with Crippen molar-refractivity contribution < 1.29 is 18.0 Å². The Labute approximate surface area is 60.9 Å². The standard InChI is InChI=1S/C5H5F3N2O/c1-2-3-10(9)4(11)5(6,7)8/h1H,3,9H2. The second-order valence-corrected chi connectivity index (χ2v) is 1.63. The summed E-state index contributed by atoms with van der Waals surface area (Å²) in [5, 5.41) is -0.0694. The van der Waals surface area contributed by atoms with Crippen molar-refractivity contribution >= 4 is 5.91 Å².